The quantitative estimate of drug-likeness (QED) is 0.585. The fourth-order valence-corrected chi connectivity index (χ4v) is 3.92. The number of esters is 1. The van der Waals surface area contributed by atoms with E-state index < -0.39 is 11.6 Å². The highest BCUT2D eigenvalue weighted by atomic mass is 32.2. The van der Waals surface area contributed by atoms with Crippen molar-refractivity contribution in [2.45, 2.75) is 55.0 Å². The number of nitrogens with one attached hydrogen (secondary N) is 1. The minimum absolute atomic E-state index is 0.162. The molecule has 0 bridgehead atoms. The Hall–Kier alpha value is -0.300. The number of hydrogen-bond acceptors (Lipinski definition) is 6. The van der Waals surface area contributed by atoms with Gasteiger partial charge in [0.15, 0.2) is 0 Å². The normalized spacial score (nSPS) is 32.3. The van der Waals surface area contributed by atoms with E-state index in [4.69, 9.17) is 9.84 Å². The van der Waals surface area contributed by atoms with Gasteiger partial charge in [-0.1, -0.05) is 0 Å². The van der Waals surface area contributed by atoms with Crippen LogP contribution in [-0.2, 0) is 9.53 Å². The van der Waals surface area contributed by atoms with Gasteiger partial charge in [-0.25, -0.2) is 0 Å². The van der Waals surface area contributed by atoms with Crippen molar-refractivity contribution in [3.63, 3.8) is 0 Å². The third kappa shape index (κ3) is 3.84. The summed E-state index contributed by atoms with van der Waals surface area (Å²) in [4.78, 5) is 12.1. The molecule has 5 nitrogen and oxygen atoms in total. The number of carbonyl (C=O) groups excluding carboxylic acids is 1. The molecule has 19 heavy (non-hydrogen) atoms. The Kier molecular flexibility index (Phi) is 5.11. The van der Waals surface area contributed by atoms with Crippen molar-refractivity contribution in [1.29, 1.82) is 0 Å². The van der Waals surface area contributed by atoms with E-state index >= 15 is 0 Å². The van der Waals surface area contributed by atoms with Crippen molar-refractivity contribution < 1.29 is 19.7 Å². The summed E-state index contributed by atoms with van der Waals surface area (Å²) in [6, 6.07) is 0.464. The molecule has 0 radical (unpaired) electrons. The van der Waals surface area contributed by atoms with Crippen LogP contribution in [0.3, 0.4) is 0 Å². The summed E-state index contributed by atoms with van der Waals surface area (Å²) in [5, 5.41) is 22.0. The topological polar surface area (TPSA) is 78.8 Å². The number of carbonyl (C=O) groups is 1. The number of hydrogen-bond donors (Lipinski definition) is 3. The van der Waals surface area contributed by atoms with E-state index in [1.54, 1.807) is 11.8 Å². The Morgan fingerprint density at radius 1 is 1.53 bits per heavy atom. The summed E-state index contributed by atoms with van der Waals surface area (Å²) in [5.41, 5.74) is -0.530. The largest absolute Gasteiger partial charge is 0.468 e. The fraction of sp³-hybridized carbons (Fsp3) is 0.923. The number of aliphatic hydroxyl groups is 2. The van der Waals surface area contributed by atoms with Crippen molar-refractivity contribution >= 4 is 17.7 Å². The second-order valence-corrected chi connectivity index (χ2v) is 6.86. The first-order valence-corrected chi connectivity index (χ1v) is 7.91. The van der Waals surface area contributed by atoms with Crippen LogP contribution >= 0.6 is 11.8 Å². The maximum absolute atomic E-state index is 12.1. The van der Waals surface area contributed by atoms with E-state index in [1.165, 1.54) is 7.11 Å². The molecule has 2 fully saturated rings. The Labute approximate surface area is 118 Å². The Bertz CT molecular complexity index is 324. The van der Waals surface area contributed by atoms with Crippen LogP contribution in [0.5, 0.6) is 0 Å². The molecule has 2 aliphatic carbocycles. The van der Waals surface area contributed by atoms with Gasteiger partial charge in [-0.2, -0.15) is 11.8 Å². The van der Waals surface area contributed by atoms with Gasteiger partial charge in [0.05, 0.1) is 19.8 Å². The van der Waals surface area contributed by atoms with E-state index in [0.717, 1.165) is 32.1 Å². The third-order valence-corrected chi connectivity index (χ3v) is 5.29. The Morgan fingerprint density at radius 3 is 2.84 bits per heavy atom. The Morgan fingerprint density at radius 2 is 2.26 bits per heavy atom. The van der Waals surface area contributed by atoms with Gasteiger partial charge < -0.3 is 14.9 Å². The molecule has 0 heterocycles. The van der Waals surface area contributed by atoms with E-state index in [2.05, 4.69) is 5.32 Å². The lowest BCUT2D eigenvalue weighted by molar-refractivity contribution is -0.148. The van der Waals surface area contributed by atoms with Crippen molar-refractivity contribution in [3.05, 3.63) is 0 Å². The molecule has 0 spiro atoms. The SMILES string of the molecule is COC(=O)C1(NC2CC2)CCC(SCC(O)CO)C1. The van der Waals surface area contributed by atoms with Gasteiger partial charge in [0.25, 0.3) is 0 Å². The predicted molar refractivity (Wildman–Crippen MR) is 74.1 cm³/mol. The summed E-state index contributed by atoms with van der Waals surface area (Å²) in [5.74, 6) is 0.354. The molecule has 3 atom stereocenters. The van der Waals surface area contributed by atoms with Gasteiger partial charge in [0.2, 0.25) is 0 Å². The van der Waals surface area contributed by atoms with Crippen LogP contribution in [0.25, 0.3) is 0 Å². The molecule has 0 aliphatic heterocycles. The monoisotopic (exact) mass is 289 g/mol. The zero-order valence-corrected chi connectivity index (χ0v) is 12.1. The second-order valence-electron chi connectivity index (χ2n) is 5.53. The van der Waals surface area contributed by atoms with Crippen molar-refractivity contribution in [1.82, 2.24) is 5.32 Å². The van der Waals surface area contributed by atoms with Crippen LogP contribution in [0.15, 0.2) is 0 Å². The summed E-state index contributed by atoms with van der Waals surface area (Å²) in [6.07, 6.45) is 4.09. The molecule has 0 aromatic heterocycles. The molecule has 3 N–H and O–H groups in total. The molecule has 6 heteroatoms. The average Bonchev–Trinajstić information content (AvgIpc) is 3.13. The van der Waals surface area contributed by atoms with Crippen LogP contribution in [0.2, 0.25) is 0 Å². The molecule has 0 aromatic rings. The first kappa shape index (κ1) is 15.1. The molecule has 0 aromatic carbocycles. The molecule has 0 amide bonds. The zero-order valence-electron chi connectivity index (χ0n) is 11.3. The third-order valence-electron chi connectivity index (χ3n) is 3.84. The average molecular weight is 289 g/mol. The molecule has 2 aliphatic rings. The summed E-state index contributed by atoms with van der Waals surface area (Å²) >= 11 is 1.64. The lowest BCUT2D eigenvalue weighted by Crippen LogP contribution is -2.52. The second kappa shape index (κ2) is 6.43. The summed E-state index contributed by atoms with van der Waals surface area (Å²) in [6.45, 7) is -0.206. The molecule has 0 saturated heterocycles. The number of thioether (sulfide) groups is 1. The van der Waals surface area contributed by atoms with Crippen molar-refractivity contribution in [2.75, 3.05) is 19.5 Å². The first-order valence-electron chi connectivity index (χ1n) is 6.86. The minimum atomic E-state index is -0.672. The van der Waals surface area contributed by atoms with E-state index in [1.807, 2.05) is 0 Å². The van der Waals surface area contributed by atoms with Gasteiger partial charge in [-0.3, -0.25) is 10.1 Å². The van der Waals surface area contributed by atoms with Gasteiger partial charge in [0.1, 0.15) is 5.54 Å². The van der Waals surface area contributed by atoms with E-state index in [9.17, 15) is 9.90 Å². The van der Waals surface area contributed by atoms with Gasteiger partial charge >= 0.3 is 5.97 Å². The zero-order chi connectivity index (χ0) is 13.9. The van der Waals surface area contributed by atoms with Crippen LogP contribution in [0, 0.1) is 0 Å². The van der Waals surface area contributed by atoms with Crippen LogP contribution in [0.1, 0.15) is 32.1 Å². The smallest absolute Gasteiger partial charge is 0.326 e. The maximum atomic E-state index is 12.1. The van der Waals surface area contributed by atoms with Crippen molar-refractivity contribution in [3.8, 4) is 0 Å². The highest BCUT2D eigenvalue weighted by Crippen LogP contribution is 2.40. The van der Waals surface area contributed by atoms with Gasteiger partial charge in [-0.05, 0) is 32.1 Å². The lowest BCUT2D eigenvalue weighted by atomic mass is 9.97. The molecule has 2 saturated carbocycles. The lowest BCUT2D eigenvalue weighted by Gasteiger charge is -2.28. The van der Waals surface area contributed by atoms with Crippen LogP contribution < -0.4 is 5.32 Å². The molecular formula is C13H23NO4S. The maximum Gasteiger partial charge on any atom is 0.326 e. The van der Waals surface area contributed by atoms with E-state index in [0.29, 0.717) is 17.0 Å². The summed E-state index contributed by atoms with van der Waals surface area (Å²) in [7, 11) is 1.44. The fourth-order valence-electron chi connectivity index (χ4n) is 2.63. The number of rotatable bonds is 7. The minimum Gasteiger partial charge on any atom is -0.468 e. The highest BCUT2D eigenvalue weighted by molar-refractivity contribution is 7.99. The van der Waals surface area contributed by atoms with Gasteiger partial charge in [-0.15, -0.1) is 0 Å². The molecule has 2 rings (SSSR count). The predicted octanol–water partition coefficient (Wildman–Crippen LogP) is 0.289. The van der Waals surface area contributed by atoms with Crippen molar-refractivity contribution in [2.24, 2.45) is 0 Å². The molecule has 110 valence electrons. The number of methoxy groups -OCH3 is 1. The highest BCUT2D eigenvalue weighted by Gasteiger charge is 2.48. The standard InChI is InChI=1S/C13H23NO4S/c1-18-12(17)13(14-9-2-3-9)5-4-11(6-13)19-8-10(16)7-15/h9-11,14-16H,2-8H2,1H3. The summed E-state index contributed by atoms with van der Waals surface area (Å²) < 4.78 is 4.96. The number of ether oxygens (including phenoxy) is 1. The van der Waals surface area contributed by atoms with Crippen LogP contribution in [0.4, 0.5) is 0 Å². The first-order chi connectivity index (χ1) is 9.09. The number of aliphatic hydroxyl groups excluding tert-OH is 2. The van der Waals surface area contributed by atoms with Gasteiger partial charge in [0, 0.05) is 17.0 Å². The van der Waals surface area contributed by atoms with E-state index in [-0.39, 0.29) is 12.6 Å². The molecular weight excluding hydrogens is 266 g/mol. The molecule has 3 unspecified atom stereocenters. The van der Waals surface area contributed by atoms with Crippen LogP contribution in [-0.4, -0.2) is 58.6 Å². The Balaban J connectivity index is 1.89.